The Labute approximate surface area is 87.5 Å². The minimum absolute atomic E-state index is 0.223. The standard InChI is InChI=1S/C9H14N4O2/c1-3-4-7(10)9(14)11-5-8-12-6(2)15-13-8/h3,7H,1,4-5,10H2,2H3,(H,11,14). The molecule has 6 nitrogen and oxygen atoms in total. The van der Waals surface area contributed by atoms with Gasteiger partial charge in [-0.25, -0.2) is 0 Å². The molecular formula is C9H14N4O2. The molecule has 0 saturated carbocycles. The van der Waals surface area contributed by atoms with Crippen molar-refractivity contribution in [3.8, 4) is 0 Å². The van der Waals surface area contributed by atoms with Gasteiger partial charge in [0.15, 0.2) is 5.82 Å². The van der Waals surface area contributed by atoms with Crippen molar-refractivity contribution in [1.82, 2.24) is 15.5 Å². The van der Waals surface area contributed by atoms with Gasteiger partial charge >= 0.3 is 0 Å². The maximum Gasteiger partial charge on any atom is 0.237 e. The van der Waals surface area contributed by atoms with Crippen LogP contribution in [0.3, 0.4) is 0 Å². The van der Waals surface area contributed by atoms with Gasteiger partial charge in [-0.2, -0.15) is 4.98 Å². The molecule has 1 amide bonds. The van der Waals surface area contributed by atoms with Gasteiger partial charge in [0.25, 0.3) is 0 Å². The zero-order valence-corrected chi connectivity index (χ0v) is 8.56. The molecule has 1 unspecified atom stereocenters. The number of carbonyl (C=O) groups is 1. The van der Waals surface area contributed by atoms with Crippen molar-refractivity contribution < 1.29 is 9.32 Å². The Morgan fingerprint density at radius 2 is 2.53 bits per heavy atom. The first kappa shape index (κ1) is 11.4. The van der Waals surface area contributed by atoms with E-state index < -0.39 is 6.04 Å². The fraction of sp³-hybridized carbons (Fsp3) is 0.444. The highest BCUT2D eigenvalue weighted by Crippen LogP contribution is 1.95. The van der Waals surface area contributed by atoms with E-state index in [1.807, 2.05) is 0 Å². The van der Waals surface area contributed by atoms with E-state index in [9.17, 15) is 4.79 Å². The Bertz CT molecular complexity index is 348. The topological polar surface area (TPSA) is 94.0 Å². The summed E-state index contributed by atoms with van der Waals surface area (Å²) in [6, 6.07) is -0.574. The average molecular weight is 210 g/mol. The van der Waals surface area contributed by atoms with Crippen LogP contribution in [0.5, 0.6) is 0 Å². The van der Waals surface area contributed by atoms with E-state index in [0.29, 0.717) is 18.1 Å². The van der Waals surface area contributed by atoms with Gasteiger partial charge in [0.05, 0.1) is 12.6 Å². The van der Waals surface area contributed by atoms with Crippen LogP contribution in [-0.2, 0) is 11.3 Å². The van der Waals surface area contributed by atoms with Crippen LogP contribution < -0.4 is 11.1 Å². The molecule has 82 valence electrons. The first-order valence-corrected chi connectivity index (χ1v) is 4.57. The van der Waals surface area contributed by atoms with Gasteiger partial charge in [0, 0.05) is 6.92 Å². The van der Waals surface area contributed by atoms with Crippen molar-refractivity contribution in [1.29, 1.82) is 0 Å². The van der Waals surface area contributed by atoms with E-state index in [2.05, 4.69) is 22.0 Å². The molecule has 0 aliphatic rings. The fourth-order valence-electron chi connectivity index (χ4n) is 0.997. The SMILES string of the molecule is C=CCC(N)C(=O)NCc1noc(C)n1. The van der Waals surface area contributed by atoms with Gasteiger partial charge in [0.1, 0.15) is 0 Å². The van der Waals surface area contributed by atoms with E-state index in [0.717, 1.165) is 0 Å². The average Bonchev–Trinajstić information content (AvgIpc) is 2.61. The Balaban J connectivity index is 2.37. The van der Waals surface area contributed by atoms with E-state index in [-0.39, 0.29) is 12.5 Å². The summed E-state index contributed by atoms with van der Waals surface area (Å²) in [4.78, 5) is 15.3. The Morgan fingerprint density at radius 1 is 1.80 bits per heavy atom. The van der Waals surface area contributed by atoms with Crippen molar-refractivity contribution in [3.63, 3.8) is 0 Å². The highest BCUT2D eigenvalue weighted by Gasteiger charge is 2.12. The fourth-order valence-corrected chi connectivity index (χ4v) is 0.997. The number of carbonyl (C=O) groups excluding carboxylic acids is 1. The molecule has 1 aromatic rings. The number of rotatable bonds is 5. The second-order valence-electron chi connectivity index (χ2n) is 3.08. The number of nitrogens with two attached hydrogens (primary N) is 1. The quantitative estimate of drug-likeness (QED) is 0.662. The molecule has 0 aliphatic heterocycles. The largest absolute Gasteiger partial charge is 0.347 e. The van der Waals surface area contributed by atoms with Crippen molar-refractivity contribution in [2.45, 2.75) is 25.9 Å². The highest BCUT2D eigenvalue weighted by atomic mass is 16.5. The number of nitrogens with zero attached hydrogens (tertiary/aromatic N) is 2. The zero-order chi connectivity index (χ0) is 11.3. The minimum Gasteiger partial charge on any atom is -0.347 e. The predicted molar refractivity (Wildman–Crippen MR) is 53.7 cm³/mol. The molecule has 0 bridgehead atoms. The summed E-state index contributed by atoms with van der Waals surface area (Å²) in [5, 5.41) is 6.23. The number of nitrogens with one attached hydrogen (secondary N) is 1. The molecule has 0 aromatic carbocycles. The van der Waals surface area contributed by atoms with Crippen LogP contribution in [-0.4, -0.2) is 22.1 Å². The molecule has 3 N–H and O–H groups in total. The molecule has 0 saturated heterocycles. The summed E-state index contributed by atoms with van der Waals surface area (Å²) in [7, 11) is 0. The Morgan fingerprint density at radius 3 is 3.07 bits per heavy atom. The van der Waals surface area contributed by atoms with Crippen molar-refractivity contribution >= 4 is 5.91 Å². The third kappa shape index (κ3) is 3.51. The van der Waals surface area contributed by atoms with Crippen LogP contribution in [0.25, 0.3) is 0 Å². The summed E-state index contributed by atoms with van der Waals surface area (Å²) < 4.78 is 4.74. The van der Waals surface area contributed by atoms with Crippen LogP contribution in [0.2, 0.25) is 0 Å². The normalized spacial score (nSPS) is 12.1. The van der Waals surface area contributed by atoms with Crippen molar-refractivity contribution in [2.24, 2.45) is 5.73 Å². The second kappa shape index (κ2) is 5.26. The third-order valence-corrected chi connectivity index (χ3v) is 1.75. The molecular weight excluding hydrogens is 196 g/mol. The van der Waals surface area contributed by atoms with Gasteiger partial charge in [-0.05, 0) is 6.42 Å². The molecule has 0 fully saturated rings. The molecule has 1 heterocycles. The maximum absolute atomic E-state index is 11.3. The van der Waals surface area contributed by atoms with Crippen LogP contribution >= 0.6 is 0 Å². The number of aromatic nitrogens is 2. The van der Waals surface area contributed by atoms with Crippen LogP contribution in [0.15, 0.2) is 17.2 Å². The Kier molecular flexibility index (Phi) is 3.99. The number of hydrogen-bond acceptors (Lipinski definition) is 5. The maximum atomic E-state index is 11.3. The molecule has 0 aliphatic carbocycles. The second-order valence-corrected chi connectivity index (χ2v) is 3.08. The van der Waals surface area contributed by atoms with E-state index in [4.69, 9.17) is 10.3 Å². The van der Waals surface area contributed by atoms with Gasteiger partial charge in [-0.15, -0.1) is 6.58 Å². The molecule has 15 heavy (non-hydrogen) atoms. The van der Waals surface area contributed by atoms with Gasteiger partial charge in [-0.1, -0.05) is 11.2 Å². The number of amides is 1. The van der Waals surface area contributed by atoms with Gasteiger partial charge < -0.3 is 15.6 Å². The number of hydrogen-bond donors (Lipinski definition) is 2. The molecule has 1 rings (SSSR count). The lowest BCUT2D eigenvalue weighted by Gasteiger charge is -2.07. The lowest BCUT2D eigenvalue weighted by molar-refractivity contribution is -0.122. The summed E-state index contributed by atoms with van der Waals surface area (Å²) in [5.74, 6) is 0.652. The highest BCUT2D eigenvalue weighted by molar-refractivity contribution is 5.81. The van der Waals surface area contributed by atoms with Crippen molar-refractivity contribution in [2.75, 3.05) is 0 Å². The third-order valence-electron chi connectivity index (χ3n) is 1.75. The Hall–Kier alpha value is -1.69. The van der Waals surface area contributed by atoms with Crippen LogP contribution in [0.1, 0.15) is 18.1 Å². The first-order valence-electron chi connectivity index (χ1n) is 4.57. The van der Waals surface area contributed by atoms with Crippen LogP contribution in [0, 0.1) is 6.92 Å². The van der Waals surface area contributed by atoms with E-state index in [1.54, 1.807) is 13.0 Å². The van der Waals surface area contributed by atoms with Crippen LogP contribution in [0.4, 0.5) is 0 Å². The molecule has 0 radical (unpaired) electrons. The van der Waals surface area contributed by atoms with Crippen molar-refractivity contribution in [3.05, 3.63) is 24.4 Å². The van der Waals surface area contributed by atoms with E-state index in [1.165, 1.54) is 0 Å². The summed E-state index contributed by atoms with van der Waals surface area (Å²) in [6.45, 7) is 5.41. The van der Waals surface area contributed by atoms with E-state index >= 15 is 0 Å². The molecule has 0 spiro atoms. The lowest BCUT2D eigenvalue weighted by Crippen LogP contribution is -2.39. The lowest BCUT2D eigenvalue weighted by atomic mass is 10.2. The molecule has 1 atom stereocenters. The number of aryl methyl sites for hydroxylation is 1. The summed E-state index contributed by atoms with van der Waals surface area (Å²) in [5.41, 5.74) is 5.55. The summed E-state index contributed by atoms with van der Waals surface area (Å²) in [6.07, 6.45) is 2.04. The monoisotopic (exact) mass is 210 g/mol. The molecule has 1 aromatic heterocycles. The predicted octanol–water partition coefficient (Wildman–Crippen LogP) is -0.102. The van der Waals surface area contributed by atoms with Gasteiger partial charge in [0.2, 0.25) is 11.8 Å². The minimum atomic E-state index is -0.574. The molecule has 6 heteroatoms. The summed E-state index contributed by atoms with van der Waals surface area (Å²) >= 11 is 0. The van der Waals surface area contributed by atoms with Gasteiger partial charge in [-0.3, -0.25) is 4.79 Å². The smallest absolute Gasteiger partial charge is 0.237 e. The zero-order valence-electron chi connectivity index (χ0n) is 8.56. The first-order chi connectivity index (χ1) is 7.13.